The van der Waals surface area contributed by atoms with Gasteiger partial charge in [0.05, 0.1) is 0 Å². The third-order valence-electron chi connectivity index (χ3n) is 3.00. The van der Waals surface area contributed by atoms with Crippen molar-refractivity contribution in [1.82, 2.24) is 5.32 Å². The van der Waals surface area contributed by atoms with Crippen LogP contribution in [0.3, 0.4) is 0 Å². The van der Waals surface area contributed by atoms with Crippen molar-refractivity contribution in [3.8, 4) is 5.75 Å². The SMILES string of the molecule is N=C(c1ccc(Cl)cc1O)C1CCNCC1. The summed E-state index contributed by atoms with van der Waals surface area (Å²) in [5.74, 6) is 0.351. The van der Waals surface area contributed by atoms with Crippen LogP contribution >= 0.6 is 11.6 Å². The molecule has 0 radical (unpaired) electrons. The summed E-state index contributed by atoms with van der Waals surface area (Å²) in [6, 6.07) is 4.93. The van der Waals surface area contributed by atoms with E-state index in [1.54, 1.807) is 12.1 Å². The van der Waals surface area contributed by atoms with Gasteiger partial charge in [0.2, 0.25) is 0 Å². The monoisotopic (exact) mass is 238 g/mol. The predicted molar refractivity (Wildman–Crippen MR) is 65.5 cm³/mol. The molecule has 1 fully saturated rings. The summed E-state index contributed by atoms with van der Waals surface area (Å²) in [4.78, 5) is 0. The summed E-state index contributed by atoms with van der Waals surface area (Å²) in [5, 5.41) is 21.6. The zero-order chi connectivity index (χ0) is 11.5. The zero-order valence-electron chi connectivity index (χ0n) is 8.96. The van der Waals surface area contributed by atoms with Crippen LogP contribution in [0.15, 0.2) is 18.2 Å². The minimum Gasteiger partial charge on any atom is -0.507 e. The van der Waals surface area contributed by atoms with Crippen molar-refractivity contribution in [2.75, 3.05) is 13.1 Å². The quantitative estimate of drug-likeness (QED) is 0.693. The highest BCUT2D eigenvalue weighted by Crippen LogP contribution is 2.26. The van der Waals surface area contributed by atoms with E-state index < -0.39 is 0 Å². The molecule has 0 spiro atoms. The van der Waals surface area contributed by atoms with Crippen molar-refractivity contribution in [2.45, 2.75) is 12.8 Å². The number of phenolic OH excluding ortho intramolecular Hbond substituents is 1. The van der Waals surface area contributed by atoms with E-state index in [0.29, 0.717) is 16.3 Å². The lowest BCUT2D eigenvalue weighted by Crippen LogP contribution is -2.31. The molecule has 3 nitrogen and oxygen atoms in total. The number of hydrogen-bond acceptors (Lipinski definition) is 3. The first-order valence-electron chi connectivity index (χ1n) is 5.46. The summed E-state index contributed by atoms with van der Waals surface area (Å²) in [5.41, 5.74) is 1.13. The highest BCUT2D eigenvalue weighted by atomic mass is 35.5. The Kier molecular flexibility index (Phi) is 3.46. The Balaban J connectivity index is 2.19. The fourth-order valence-electron chi connectivity index (χ4n) is 2.06. The van der Waals surface area contributed by atoms with Gasteiger partial charge in [0.25, 0.3) is 0 Å². The van der Waals surface area contributed by atoms with Gasteiger partial charge < -0.3 is 15.8 Å². The molecule has 0 bridgehead atoms. The maximum atomic E-state index is 9.75. The molecule has 0 amide bonds. The van der Waals surface area contributed by atoms with Crippen molar-refractivity contribution in [3.63, 3.8) is 0 Å². The number of piperidine rings is 1. The fraction of sp³-hybridized carbons (Fsp3) is 0.417. The largest absolute Gasteiger partial charge is 0.507 e. The van der Waals surface area contributed by atoms with Gasteiger partial charge in [-0.15, -0.1) is 0 Å². The van der Waals surface area contributed by atoms with E-state index in [9.17, 15) is 5.11 Å². The second-order valence-corrected chi connectivity index (χ2v) is 4.54. The lowest BCUT2D eigenvalue weighted by Gasteiger charge is -2.23. The Hall–Kier alpha value is -1.06. The van der Waals surface area contributed by atoms with Gasteiger partial charge in [-0.3, -0.25) is 0 Å². The summed E-state index contributed by atoms with van der Waals surface area (Å²) in [6.07, 6.45) is 1.92. The molecule has 4 heteroatoms. The van der Waals surface area contributed by atoms with Crippen LogP contribution in [0.5, 0.6) is 5.75 Å². The molecule has 1 aromatic rings. The topological polar surface area (TPSA) is 56.1 Å². The molecule has 0 unspecified atom stereocenters. The first kappa shape index (κ1) is 11.4. The smallest absolute Gasteiger partial charge is 0.126 e. The maximum Gasteiger partial charge on any atom is 0.126 e. The van der Waals surface area contributed by atoms with E-state index >= 15 is 0 Å². The molecule has 0 aromatic heterocycles. The standard InChI is InChI=1S/C12H15ClN2O/c13-9-1-2-10(11(16)7-9)12(14)8-3-5-15-6-4-8/h1-2,7-8,14-16H,3-6H2. The second-order valence-electron chi connectivity index (χ2n) is 4.10. The molecular weight excluding hydrogens is 224 g/mol. The van der Waals surface area contributed by atoms with Crippen molar-refractivity contribution in [1.29, 1.82) is 5.41 Å². The van der Waals surface area contributed by atoms with E-state index in [1.807, 2.05) is 0 Å². The third kappa shape index (κ3) is 2.36. The number of rotatable bonds is 2. The number of aromatic hydroxyl groups is 1. The molecule has 1 saturated heterocycles. The fourth-order valence-corrected chi connectivity index (χ4v) is 2.23. The molecular formula is C12H15ClN2O. The number of nitrogens with one attached hydrogen (secondary N) is 2. The number of phenols is 1. The summed E-state index contributed by atoms with van der Waals surface area (Å²) in [7, 11) is 0. The van der Waals surface area contributed by atoms with Crippen LogP contribution in [-0.2, 0) is 0 Å². The molecule has 1 aliphatic rings. The highest BCUT2D eigenvalue weighted by Gasteiger charge is 2.20. The zero-order valence-corrected chi connectivity index (χ0v) is 9.72. The van der Waals surface area contributed by atoms with Crippen LogP contribution < -0.4 is 5.32 Å². The minimum absolute atomic E-state index is 0.107. The Morgan fingerprint density at radius 2 is 2.06 bits per heavy atom. The average molecular weight is 239 g/mol. The molecule has 1 aromatic carbocycles. The van der Waals surface area contributed by atoms with E-state index in [2.05, 4.69) is 5.32 Å². The molecule has 0 aliphatic carbocycles. The van der Waals surface area contributed by atoms with Gasteiger partial charge >= 0.3 is 0 Å². The lowest BCUT2D eigenvalue weighted by molar-refractivity contribution is 0.450. The van der Waals surface area contributed by atoms with Crippen LogP contribution in [0.2, 0.25) is 5.02 Å². The van der Waals surface area contributed by atoms with E-state index in [-0.39, 0.29) is 11.7 Å². The second kappa shape index (κ2) is 4.85. The summed E-state index contributed by atoms with van der Waals surface area (Å²) in [6.45, 7) is 1.89. The van der Waals surface area contributed by atoms with Crippen LogP contribution in [0.1, 0.15) is 18.4 Å². The molecule has 3 N–H and O–H groups in total. The lowest BCUT2D eigenvalue weighted by atomic mass is 9.88. The predicted octanol–water partition coefficient (Wildman–Crippen LogP) is 2.41. The van der Waals surface area contributed by atoms with Crippen molar-refractivity contribution in [2.24, 2.45) is 5.92 Å². The Bertz CT molecular complexity index is 400. The average Bonchev–Trinajstić information content (AvgIpc) is 2.29. The summed E-state index contributed by atoms with van der Waals surface area (Å²) < 4.78 is 0. The number of hydrogen-bond donors (Lipinski definition) is 3. The van der Waals surface area contributed by atoms with Crippen LogP contribution in [-0.4, -0.2) is 23.9 Å². The van der Waals surface area contributed by atoms with E-state index in [0.717, 1.165) is 25.9 Å². The number of benzene rings is 1. The molecule has 1 aliphatic heterocycles. The van der Waals surface area contributed by atoms with Gasteiger partial charge in [-0.1, -0.05) is 11.6 Å². The van der Waals surface area contributed by atoms with Crippen LogP contribution in [0.4, 0.5) is 0 Å². The van der Waals surface area contributed by atoms with Crippen molar-refractivity contribution >= 4 is 17.3 Å². The van der Waals surface area contributed by atoms with Gasteiger partial charge in [-0.2, -0.15) is 0 Å². The first-order valence-corrected chi connectivity index (χ1v) is 5.84. The molecule has 86 valence electrons. The Morgan fingerprint density at radius 1 is 1.38 bits per heavy atom. The molecule has 0 saturated carbocycles. The molecule has 1 heterocycles. The van der Waals surface area contributed by atoms with Crippen molar-refractivity contribution < 1.29 is 5.11 Å². The normalized spacial score (nSPS) is 17.3. The Morgan fingerprint density at radius 3 is 2.69 bits per heavy atom. The van der Waals surface area contributed by atoms with E-state index in [1.165, 1.54) is 6.07 Å². The number of halogens is 1. The molecule has 0 atom stereocenters. The van der Waals surface area contributed by atoms with E-state index in [4.69, 9.17) is 17.0 Å². The molecule has 16 heavy (non-hydrogen) atoms. The minimum atomic E-state index is 0.107. The molecule has 2 rings (SSSR count). The van der Waals surface area contributed by atoms with Gasteiger partial charge in [-0.05, 0) is 44.1 Å². The van der Waals surface area contributed by atoms with Crippen LogP contribution in [0, 0.1) is 11.3 Å². The first-order chi connectivity index (χ1) is 7.68. The van der Waals surface area contributed by atoms with Gasteiger partial charge in [0.15, 0.2) is 0 Å². The van der Waals surface area contributed by atoms with Gasteiger partial charge in [0.1, 0.15) is 5.75 Å². The Labute approximate surface area is 99.9 Å². The van der Waals surface area contributed by atoms with Gasteiger partial charge in [-0.25, -0.2) is 0 Å². The van der Waals surface area contributed by atoms with Gasteiger partial charge in [0, 0.05) is 22.2 Å². The van der Waals surface area contributed by atoms with Crippen molar-refractivity contribution in [3.05, 3.63) is 28.8 Å². The third-order valence-corrected chi connectivity index (χ3v) is 3.23. The highest BCUT2D eigenvalue weighted by molar-refractivity contribution is 6.30. The summed E-state index contributed by atoms with van der Waals surface area (Å²) >= 11 is 5.77. The maximum absolute atomic E-state index is 9.75. The van der Waals surface area contributed by atoms with Crippen LogP contribution in [0.25, 0.3) is 0 Å².